The molecule has 0 radical (unpaired) electrons. The van der Waals surface area contributed by atoms with Crippen LogP contribution in [-0.2, 0) is 0 Å². The zero-order chi connectivity index (χ0) is 13.2. The van der Waals surface area contributed by atoms with Crippen molar-refractivity contribution in [2.45, 2.75) is 19.8 Å². The summed E-state index contributed by atoms with van der Waals surface area (Å²) in [7, 11) is 0. The number of nitrogens with one attached hydrogen (secondary N) is 1. The quantitative estimate of drug-likeness (QED) is 0.675. The number of unbranched alkanes of at least 4 members (excludes halogenated alkanes) is 1. The number of H-pyrrole nitrogens is 1. The Morgan fingerprint density at radius 1 is 1.32 bits per heavy atom. The van der Waals surface area contributed by atoms with Crippen LogP contribution in [0.2, 0.25) is 0 Å². The van der Waals surface area contributed by atoms with Gasteiger partial charge in [-0.3, -0.25) is 4.79 Å². The van der Waals surface area contributed by atoms with E-state index < -0.39 is 0 Å². The van der Waals surface area contributed by atoms with Gasteiger partial charge in [-0.05, 0) is 30.7 Å². The van der Waals surface area contributed by atoms with Crippen LogP contribution in [0.15, 0.2) is 35.4 Å². The van der Waals surface area contributed by atoms with E-state index in [1.165, 1.54) is 6.33 Å². The second-order valence-electron chi connectivity index (χ2n) is 4.38. The highest BCUT2D eigenvalue weighted by molar-refractivity contribution is 5.87. The molecule has 0 saturated heterocycles. The van der Waals surface area contributed by atoms with Gasteiger partial charge in [0.1, 0.15) is 11.8 Å². The number of aromatic amines is 1. The van der Waals surface area contributed by atoms with Gasteiger partial charge in [0.2, 0.25) is 0 Å². The van der Waals surface area contributed by atoms with E-state index in [1.54, 1.807) is 4.52 Å². The van der Waals surface area contributed by atoms with Crippen LogP contribution in [0.25, 0.3) is 16.4 Å². The van der Waals surface area contributed by atoms with Gasteiger partial charge in [-0.2, -0.15) is 5.10 Å². The molecule has 4 heteroatoms. The van der Waals surface area contributed by atoms with Crippen molar-refractivity contribution in [3.05, 3.63) is 46.5 Å². The first-order valence-electron chi connectivity index (χ1n) is 6.27. The zero-order valence-electron chi connectivity index (χ0n) is 10.6. The molecule has 2 aromatic heterocycles. The molecule has 1 aromatic carbocycles. The van der Waals surface area contributed by atoms with Crippen LogP contribution in [0, 0.1) is 11.8 Å². The summed E-state index contributed by atoms with van der Waals surface area (Å²) in [6.45, 7) is 2.11. The molecule has 0 fully saturated rings. The summed E-state index contributed by atoms with van der Waals surface area (Å²) in [5, 5.41) is 5.14. The predicted octanol–water partition coefficient (Wildman–Crippen LogP) is 2.33. The monoisotopic (exact) mass is 251 g/mol. The van der Waals surface area contributed by atoms with Gasteiger partial charge in [-0.25, -0.2) is 4.52 Å². The fraction of sp³-hybridized carbons (Fsp3) is 0.200. The Morgan fingerprint density at radius 2 is 2.21 bits per heavy atom. The fourth-order valence-electron chi connectivity index (χ4n) is 2.07. The van der Waals surface area contributed by atoms with Crippen molar-refractivity contribution in [3.8, 4) is 11.8 Å². The van der Waals surface area contributed by atoms with E-state index in [2.05, 4.69) is 28.8 Å². The molecular formula is C15H13N3O. The summed E-state index contributed by atoms with van der Waals surface area (Å²) in [6, 6.07) is 7.74. The molecule has 0 aliphatic carbocycles. The molecular weight excluding hydrogens is 238 g/mol. The zero-order valence-corrected chi connectivity index (χ0v) is 10.6. The first kappa shape index (κ1) is 11.5. The van der Waals surface area contributed by atoms with Gasteiger partial charge in [0.25, 0.3) is 5.56 Å². The molecule has 19 heavy (non-hydrogen) atoms. The Bertz CT molecular complexity index is 862. The second-order valence-corrected chi connectivity index (χ2v) is 4.38. The van der Waals surface area contributed by atoms with Crippen molar-refractivity contribution >= 4 is 16.4 Å². The van der Waals surface area contributed by atoms with Crippen LogP contribution in [0.4, 0.5) is 0 Å². The summed E-state index contributed by atoms with van der Waals surface area (Å²) in [6.07, 6.45) is 3.37. The number of rotatable bonds is 1. The van der Waals surface area contributed by atoms with E-state index in [0.29, 0.717) is 5.52 Å². The topological polar surface area (TPSA) is 50.2 Å². The molecule has 3 rings (SSSR count). The maximum Gasteiger partial charge on any atom is 0.275 e. The van der Waals surface area contributed by atoms with E-state index in [4.69, 9.17) is 0 Å². The van der Waals surface area contributed by atoms with E-state index in [9.17, 15) is 4.79 Å². The summed E-state index contributed by atoms with van der Waals surface area (Å²) < 4.78 is 1.65. The smallest absolute Gasteiger partial charge is 0.275 e. The highest BCUT2D eigenvalue weighted by atomic mass is 16.1. The molecule has 1 N–H and O–H groups in total. The molecule has 94 valence electrons. The lowest BCUT2D eigenvalue weighted by atomic mass is 10.1. The second kappa shape index (κ2) is 4.62. The lowest BCUT2D eigenvalue weighted by Gasteiger charge is -1.95. The fourth-order valence-corrected chi connectivity index (χ4v) is 2.07. The maximum atomic E-state index is 11.7. The maximum absolute atomic E-state index is 11.7. The van der Waals surface area contributed by atoms with Crippen LogP contribution < -0.4 is 5.56 Å². The molecule has 2 heterocycles. The number of hydrogen-bond donors (Lipinski definition) is 1. The minimum absolute atomic E-state index is 0.134. The number of hydrogen-bond acceptors (Lipinski definition) is 2. The SMILES string of the molecule is CCCC#Cc1ccc2c(c1)cc1c(=O)[nH]cnn12. The summed E-state index contributed by atoms with van der Waals surface area (Å²) in [5.74, 6) is 6.25. The third-order valence-corrected chi connectivity index (χ3v) is 2.99. The average molecular weight is 251 g/mol. The molecule has 0 aliphatic heterocycles. The first-order chi connectivity index (χ1) is 9.29. The Hall–Kier alpha value is -2.54. The lowest BCUT2D eigenvalue weighted by molar-refractivity contribution is 0.914. The van der Waals surface area contributed by atoms with Crippen molar-refractivity contribution in [2.24, 2.45) is 0 Å². The van der Waals surface area contributed by atoms with Gasteiger partial charge in [-0.1, -0.05) is 18.8 Å². The van der Waals surface area contributed by atoms with E-state index in [1.807, 2.05) is 24.3 Å². The summed E-state index contributed by atoms with van der Waals surface area (Å²) >= 11 is 0. The Kier molecular flexibility index (Phi) is 2.81. The van der Waals surface area contributed by atoms with Gasteiger partial charge in [0, 0.05) is 17.4 Å². The minimum Gasteiger partial charge on any atom is -0.310 e. The average Bonchev–Trinajstić information content (AvgIpc) is 2.79. The minimum atomic E-state index is -0.134. The standard InChI is InChI=1S/C15H13N3O/c1-2-3-4-5-11-6-7-13-12(8-11)9-14-15(19)16-10-17-18(13)14/h6-10H,2-3H2,1H3,(H,16,17,19). The van der Waals surface area contributed by atoms with Crippen LogP contribution in [0.1, 0.15) is 25.3 Å². The molecule has 0 spiro atoms. The molecule has 0 aliphatic rings. The van der Waals surface area contributed by atoms with Gasteiger partial charge in [0.15, 0.2) is 0 Å². The summed E-state index contributed by atoms with van der Waals surface area (Å²) in [4.78, 5) is 14.3. The van der Waals surface area contributed by atoms with E-state index in [-0.39, 0.29) is 5.56 Å². The van der Waals surface area contributed by atoms with Gasteiger partial charge in [-0.15, -0.1) is 0 Å². The number of benzene rings is 1. The molecule has 0 amide bonds. The molecule has 0 bridgehead atoms. The highest BCUT2D eigenvalue weighted by Crippen LogP contribution is 2.18. The van der Waals surface area contributed by atoms with Gasteiger partial charge < -0.3 is 4.98 Å². The Labute approximate surface area is 110 Å². The largest absolute Gasteiger partial charge is 0.310 e. The van der Waals surface area contributed by atoms with Gasteiger partial charge in [0.05, 0.1) is 5.52 Å². The van der Waals surface area contributed by atoms with Crippen LogP contribution in [-0.4, -0.2) is 14.6 Å². The third-order valence-electron chi connectivity index (χ3n) is 2.99. The highest BCUT2D eigenvalue weighted by Gasteiger charge is 2.06. The van der Waals surface area contributed by atoms with Crippen LogP contribution >= 0.6 is 0 Å². The molecule has 3 aromatic rings. The van der Waals surface area contributed by atoms with Crippen molar-refractivity contribution in [2.75, 3.05) is 0 Å². The van der Waals surface area contributed by atoms with Crippen molar-refractivity contribution in [3.63, 3.8) is 0 Å². The first-order valence-corrected chi connectivity index (χ1v) is 6.27. The summed E-state index contributed by atoms with van der Waals surface area (Å²) in [5.41, 5.74) is 2.30. The number of fused-ring (bicyclic) bond motifs is 3. The third kappa shape index (κ3) is 2.00. The molecule has 4 nitrogen and oxygen atoms in total. The Morgan fingerprint density at radius 3 is 3.05 bits per heavy atom. The van der Waals surface area contributed by atoms with Crippen molar-refractivity contribution in [1.82, 2.24) is 14.6 Å². The van der Waals surface area contributed by atoms with Crippen LogP contribution in [0.5, 0.6) is 0 Å². The van der Waals surface area contributed by atoms with Crippen LogP contribution in [0.3, 0.4) is 0 Å². The molecule has 0 saturated carbocycles. The lowest BCUT2D eigenvalue weighted by Crippen LogP contribution is -2.09. The van der Waals surface area contributed by atoms with E-state index in [0.717, 1.165) is 29.3 Å². The molecule has 0 atom stereocenters. The number of aromatic nitrogens is 3. The number of nitrogens with zero attached hydrogens (tertiary/aromatic N) is 2. The molecule has 0 unspecified atom stereocenters. The van der Waals surface area contributed by atoms with Crippen molar-refractivity contribution in [1.29, 1.82) is 0 Å². The predicted molar refractivity (Wildman–Crippen MR) is 75.1 cm³/mol. The van der Waals surface area contributed by atoms with Crippen molar-refractivity contribution < 1.29 is 0 Å². The Balaban J connectivity index is 2.20. The normalized spacial score (nSPS) is 10.6. The van der Waals surface area contributed by atoms with Gasteiger partial charge >= 0.3 is 0 Å². The van der Waals surface area contributed by atoms with E-state index >= 15 is 0 Å².